The predicted molar refractivity (Wildman–Crippen MR) is 79.5 cm³/mol. The summed E-state index contributed by atoms with van der Waals surface area (Å²) in [6.07, 6.45) is 6.97. The summed E-state index contributed by atoms with van der Waals surface area (Å²) < 4.78 is 5.28. The average molecular weight is 280 g/mol. The predicted octanol–water partition coefficient (Wildman–Crippen LogP) is 2.38. The van der Waals surface area contributed by atoms with E-state index in [4.69, 9.17) is 4.52 Å². The summed E-state index contributed by atoms with van der Waals surface area (Å²) in [4.78, 5) is 6.95. The van der Waals surface area contributed by atoms with Gasteiger partial charge < -0.3 is 9.84 Å². The number of hydrogen-bond acceptors (Lipinski definition) is 5. The van der Waals surface area contributed by atoms with Gasteiger partial charge in [0.15, 0.2) is 5.82 Å². The van der Waals surface area contributed by atoms with E-state index < -0.39 is 0 Å². The highest BCUT2D eigenvalue weighted by Crippen LogP contribution is 2.11. The molecule has 0 aromatic carbocycles. The Morgan fingerprint density at radius 3 is 2.95 bits per heavy atom. The van der Waals surface area contributed by atoms with Gasteiger partial charge in [0, 0.05) is 19.0 Å². The minimum absolute atomic E-state index is 0.633. The highest BCUT2D eigenvalue weighted by atomic mass is 16.5. The Morgan fingerprint density at radius 1 is 1.35 bits per heavy atom. The van der Waals surface area contributed by atoms with Crippen molar-refractivity contribution in [1.29, 1.82) is 0 Å². The molecule has 0 amide bonds. The first-order valence-electron chi connectivity index (χ1n) is 8.09. The third-order valence-corrected chi connectivity index (χ3v) is 3.81. The molecule has 5 nitrogen and oxygen atoms in total. The highest BCUT2D eigenvalue weighted by molar-refractivity contribution is 4.88. The minimum Gasteiger partial charge on any atom is -0.339 e. The van der Waals surface area contributed by atoms with Gasteiger partial charge in [-0.15, -0.1) is 0 Å². The summed E-state index contributed by atoms with van der Waals surface area (Å²) in [5.74, 6) is 1.61. The quantitative estimate of drug-likeness (QED) is 0.752. The third kappa shape index (κ3) is 4.87. The molecule has 1 fully saturated rings. The van der Waals surface area contributed by atoms with E-state index in [2.05, 4.69) is 34.2 Å². The maximum absolute atomic E-state index is 5.28. The molecule has 1 aromatic rings. The van der Waals surface area contributed by atoms with Crippen molar-refractivity contribution >= 4 is 0 Å². The minimum atomic E-state index is 0.633. The van der Waals surface area contributed by atoms with Crippen LogP contribution in [-0.4, -0.2) is 40.7 Å². The lowest BCUT2D eigenvalue weighted by Gasteiger charge is -2.24. The zero-order chi connectivity index (χ0) is 14.2. The molecule has 1 saturated heterocycles. The molecule has 1 aromatic heterocycles. The van der Waals surface area contributed by atoms with Crippen molar-refractivity contribution in [2.24, 2.45) is 0 Å². The van der Waals surface area contributed by atoms with E-state index in [1.165, 1.54) is 25.7 Å². The largest absolute Gasteiger partial charge is 0.339 e. The van der Waals surface area contributed by atoms with E-state index in [0.717, 1.165) is 50.7 Å². The standard InChI is InChI=1S/C15H28N4O/c1-3-5-10-19(11-13-8-6-9-16-13)12-14-17-15(7-4-2)20-18-14/h13,16H,3-12H2,1-2H3. The van der Waals surface area contributed by atoms with Crippen LogP contribution >= 0.6 is 0 Å². The van der Waals surface area contributed by atoms with Gasteiger partial charge in [0.1, 0.15) is 0 Å². The third-order valence-electron chi connectivity index (χ3n) is 3.81. The topological polar surface area (TPSA) is 54.2 Å². The van der Waals surface area contributed by atoms with Gasteiger partial charge in [-0.1, -0.05) is 25.4 Å². The summed E-state index contributed by atoms with van der Waals surface area (Å²) in [7, 11) is 0. The second-order valence-corrected chi connectivity index (χ2v) is 5.74. The maximum atomic E-state index is 5.28. The normalized spacial score (nSPS) is 19.1. The zero-order valence-corrected chi connectivity index (χ0v) is 12.9. The number of aryl methyl sites for hydroxylation is 1. The number of aromatic nitrogens is 2. The second-order valence-electron chi connectivity index (χ2n) is 5.74. The van der Waals surface area contributed by atoms with Crippen LogP contribution < -0.4 is 5.32 Å². The van der Waals surface area contributed by atoms with Crippen molar-refractivity contribution in [3.05, 3.63) is 11.7 Å². The van der Waals surface area contributed by atoms with Crippen molar-refractivity contribution in [1.82, 2.24) is 20.4 Å². The van der Waals surface area contributed by atoms with Crippen molar-refractivity contribution in [2.75, 3.05) is 19.6 Å². The van der Waals surface area contributed by atoms with Gasteiger partial charge in [-0.05, 0) is 38.8 Å². The van der Waals surface area contributed by atoms with Crippen molar-refractivity contribution < 1.29 is 4.52 Å². The van der Waals surface area contributed by atoms with Gasteiger partial charge in [0.25, 0.3) is 0 Å². The molecule has 1 N–H and O–H groups in total. The molecule has 1 aliphatic heterocycles. The molecule has 2 rings (SSSR count). The van der Waals surface area contributed by atoms with E-state index in [1.807, 2.05) is 0 Å². The van der Waals surface area contributed by atoms with Gasteiger partial charge in [-0.3, -0.25) is 4.90 Å². The van der Waals surface area contributed by atoms with Gasteiger partial charge in [0.05, 0.1) is 6.54 Å². The lowest BCUT2D eigenvalue weighted by molar-refractivity contribution is 0.229. The monoisotopic (exact) mass is 280 g/mol. The Labute approximate surface area is 122 Å². The number of rotatable bonds is 9. The van der Waals surface area contributed by atoms with E-state index in [-0.39, 0.29) is 0 Å². The molecule has 0 radical (unpaired) electrons. The molecule has 20 heavy (non-hydrogen) atoms. The molecule has 1 atom stereocenters. The van der Waals surface area contributed by atoms with Crippen LogP contribution in [0.25, 0.3) is 0 Å². The van der Waals surface area contributed by atoms with Crippen LogP contribution in [-0.2, 0) is 13.0 Å². The van der Waals surface area contributed by atoms with Crippen LogP contribution in [0.4, 0.5) is 0 Å². The lowest BCUT2D eigenvalue weighted by atomic mass is 10.2. The molecule has 1 unspecified atom stereocenters. The van der Waals surface area contributed by atoms with Gasteiger partial charge in [0.2, 0.25) is 5.89 Å². The molecule has 0 aliphatic carbocycles. The van der Waals surface area contributed by atoms with Gasteiger partial charge >= 0.3 is 0 Å². The Morgan fingerprint density at radius 2 is 2.25 bits per heavy atom. The van der Waals surface area contributed by atoms with Gasteiger partial charge in [-0.25, -0.2) is 0 Å². The maximum Gasteiger partial charge on any atom is 0.226 e. The SMILES string of the molecule is CCCCN(Cc1noc(CCC)n1)CC1CCCN1. The molecule has 0 saturated carbocycles. The summed E-state index contributed by atoms with van der Waals surface area (Å²) in [5.41, 5.74) is 0. The van der Waals surface area contributed by atoms with Crippen LogP contribution in [0.15, 0.2) is 4.52 Å². The number of unbranched alkanes of at least 4 members (excludes halogenated alkanes) is 1. The molecular formula is C15H28N4O. The molecule has 2 heterocycles. The first kappa shape index (κ1) is 15.4. The Bertz CT molecular complexity index is 374. The first-order chi connectivity index (χ1) is 9.81. The summed E-state index contributed by atoms with van der Waals surface area (Å²) >= 11 is 0. The highest BCUT2D eigenvalue weighted by Gasteiger charge is 2.19. The van der Waals surface area contributed by atoms with Crippen molar-refractivity contribution in [2.45, 2.75) is 65.0 Å². The fraction of sp³-hybridized carbons (Fsp3) is 0.867. The zero-order valence-electron chi connectivity index (χ0n) is 12.9. The van der Waals surface area contributed by atoms with E-state index in [0.29, 0.717) is 6.04 Å². The smallest absolute Gasteiger partial charge is 0.226 e. The fourth-order valence-electron chi connectivity index (χ4n) is 2.71. The molecule has 1 aliphatic rings. The van der Waals surface area contributed by atoms with Crippen molar-refractivity contribution in [3.8, 4) is 0 Å². The Kier molecular flexibility index (Phi) is 6.47. The lowest BCUT2D eigenvalue weighted by Crippen LogP contribution is -2.38. The Balaban J connectivity index is 1.87. The summed E-state index contributed by atoms with van der Waals surface area (Å²) in [6.45, 7) is 8.55. The number of nitrogens with one attached hydrogen (secondary N) is 1. The van der Waals surface area contributed by atoms with Crippen molar-refractivity contribution in [3.63, 3.8) is 0 Å². The fourth-order valence-corrected chi connectivity index (χ4v) is 2.71. The van der Waals surface area contributed by atoms with Crippen LogP contribution in [0, 0.1) is 0 Å². The summed E-state index contributed by atoms with van der Waals surface area (Å²) in [6, 6.07) is 0.633. The average Bonchev–Trinajstić information content (AvgIpc) is 3.09. The van der Waals surface area contributed by atoms with E-state index in [9.17, 15) is 0 Å². The first-order valence-corrected chi connectivity index (χ1v) is 8.09. The molecule has 5 heteroatoms. The summed E-state index contributed by atoms with van der Waals surface area (Å²) in [5, 5.41) is 7.68. The molecule has 114 valence electrons. The number of hydrogen-bond donors (Lipinski definition) is 1. The molecule has 0 bridgehead atoms. The number of nitrogens with zero attached hydrogens (tertiary/aromatic N) is 3. The molecular weight excluding hydrogens is 252 g/mol. The van der Waals surface area contributed by atoms with E-state index in [1.54, 1.807) is 0 Å². The van der Waals surface area contributed by atoms with E-state index >= 15 is 0 Å². The van der Waals surface area contributed by atoms with Crippen LogP contribution in [0.3, 0.4) is 0 Å². The van der Waals surface area contributed by atoms with Crippen LogP contribution in [0.5, 0.6) is 0 Å². The Hall–Kier alpha value is -0.940. The molecule has 0 spiro atoms. The second kappa shape index (κ2) is 8.37. The van der Waals surface area contributed by atoms with Gasteiger partial charge in [-0.2, -0.15) is 4.98 Å². The van der Waals surface area contributed by atoms with Crippen LogP contribution in [0.2, 0.25) is 0 Å². The van der Waals surface area contributed by atoms with Crippen LogP contribution in [0.1, 0.15) is 57.7 Å².